The highest BCUT2D eigenvalue weighted by atomic mass is 16.2. The van der Waals surface area contributed by atoms with E-state index < -0.39 is 0 Å². The normalized spacial score (nSPS) is 12.7. The molecule has 1 aromatic heterocycles. The Bertz CT molecular complexity index is 731. The Kier molecular flexibility index (Phi) is 4.23. The Morgan fingerprint density at radius 1 is 1.30 bits per heavy atom. The number of benzene rings is 1. The van der Waals surface area contributed by atoms with Gasteiger partial charge in [-0.2, -0.15) is 0 Å². The smallest absolute Gasteiger partial charge is 0.319 e. The summed E-state index contributed by atoms with van der Waals surface area (Å²) in [7, 11) is 0. The van der Waals surface area contributed by atoms with E-state index in [1.54, 1.807) is 24.2 Å². The van der Waals surface area contributed by atoms with Crippen molar-refractivity contribution in [2.24, 2.45) is 0 Å². The van der Waals surface area contributed by atoms with Crippen LogP contribution in [0.3, 0.4) is 0 Å². The lowest BCUT2D eigenvalue weighted by Gasteiger charge is -2.15. The molecule has 0 unspecified atom stereocenters. The number of pyridine rings is 1. The van der Waals surface area contributed by atoms with Crippen LogP contribution in [0.1, 0.15) is 18.1 Å². The number of nitrogens with one attached hydrogen (secondary N) is 2. The fourth-order valence-electron chi connectivity index (χ4n) is 2.67. The van der Waals surface area contributed by atoms with Gasteiger partial charge >= 0.3 is 6.03 Å². The molecule has 0 radical (unpaired) electrons. The maximum Gasteiger partial charge on any atom is 0.319 e. The molecule has 6 heteroatoms. The molecule has 0 atom stereocenters. The molecule has 2 aromatic rings. The predicted molar refractivity (Wildman–Crippen MR) is 88.3 cm³/mol. The molecule has 2 N–H and O–H groups in total. The first-order valence-electron chi connectivity index (χ1n) is 7.48. The molecule has 2 heterocycles. The lowest BCUT2D eigenvalue weighted by atomic mass is 10.1. The van der Waals surface area contributed by atoms with Gasteiger partial charge in [0.1, 0.15) is 0 Å². The summed E-state index contributed by atoms with van der Waals surface area (Å²) in [6.45, 7) is 2.68. The molecular weight excluding hydrogens is 292 g/mol. The third-order valence-electron chi connectivity index (χ3n) is 3.79. The van der Waals surface area contributed by atoms with Crippen molar-refractivity contribution in [3.05, 3.63) is 53.9 Å². The van der Waals surface area contributed by atoms with Crippen LogP contribution in [-0.4, -0.2) is 23.5 Å². The molecule has 1 aliphatic rings. The quantitative estimate of drug-likeness (QED) is 0.913. The van der Waals surface area contributed by atoms with Crippen LogP contribution < -0.4 is 15.5 Å². The van der Waals surface area contributed by atoms with E-state index in [2.05, 4.69) is 15.6 Å². The van der Waals surface area contributed by atoms with Crippen LogP contribution in [0.4, 0.5) is 16.2 Å². The molecule has 3 rings (SSSR count). The number of aromatic nitrogens is 1. The first-order valence-corrected chi connectivity index (χ1v) is 7.48. The second-order valence-electron chi connectivity index (χ2n) is 5.43. The van der Waals surface area contributed by atoms with Gasteiger partial charge in [0.25, 0.3) is 0 Å². The van der Waals surface area contributed by atoms with Crippen LogP contribution in [0.25, 0.3) is 0 Å². The Morgan fingerprint density at radius 3 is 2.91 bits per heavy atom. The van der Waals surface area contributed by atoms with Gasteiger partial charge in [0.15, 0.2) is 0 Å². The molecule has 0 saturated carbocycles. The Balaban J connectivity index is 1.60. The van der Waals surface area contributed by atoms with Gasteiger partial charge in [-0.25, -0.2) is 4.79 Å². The molecule has 1 aromatic carbocycles. The third kappa shape index (κ3) is 3.48. The number of hydrogen-bond donors (Lipinski definition) is 2. The number of amides is 3. The van der Waals surface area contributed by atoms with E-state index in [4.69, 9.17) is 0 Å². The van der Waals surface area contributed by atoms with Crippen molar-refractivity contribution in [2.75, 3.05) is 16.8 Å². The number of nitrogens with zero attached hydrogens (tertiary/aromatic N) is 2. The van der Waals surface area contributed by atoms with E-state index in [0.717, 1.165) is 28.9 Å². The summed E-state index contributed by atoms with van der Waals surface area (Å²) in [5.74, 6) is 0.0404. The second kappa shape index (κ2) is 6.48. The van der Waals surface area contributed by atoms with Crippen molar-refractivity contribution >= 4 is 23.3 Å². The first kappa shape index (κ1) is 15.0. The van der Waals surface area contributed by atoms with Crippen LogP contribution in [0.5, 0.6) is 0 Å². The average molecular weight is 310 g/mol. The summed E-state index contributed by atoms with van der Waals surface area (Å²) >= 11 is 0. The molecule has 1 aliphatic heterocycles. The van der Waals surface area contributed by atoms with Crippen LogP contribution in [-0.2, 0) is 17.8 Å². The molecule has 23 heavy (non-hydrogen) atoms. The molecule has 0 aliphatic carbocycles. The monoisotopic (exact) mass is 310 g/mol. The van der Waals surface area contributed by atoms with Crippen molar-refractivity contribution in [3.63, 3.8) is 0 Å². The van der Waals surface area contributed by atoms with Crippen LogP contribution >= 0.6 is 0 Å². The Labute approximate surface area is 134 Å². The lowest BCUT2D eigenvalue weighted by molar-refractivity contribution is -0.116. The van der Waals surface area contributed by atoms with Gasteiger partial charge in [-0.3, -0.25) is 9.78 Å². The Morgan fingerprint density at radius 2 is 2.17 bits per heavy atom. The van der Waals surface area contributed by atoms with Gasteiger partial charge in [0.2, 0.25) is 5.91 Å². The minimum atomic E-state index is -0.268. The largest absolute Gasteiger partial charge is 0.334 e. The van der Waals surface area contributed by atoms with E-state index in [0.29, 0.717) is 13.1 Å². The molecule has 118 valence electrons. The summed E-state index contributed by atoms with van der Waals surface area (Å²) in [5.41, 5.74) is 3.66. The number of carbonyl (C=O) groups excluding carboxylic acids is 2. The highest BCUT2D eigenvalue weighted by Crippen LogP contribution is 2.30. The maximum absolute atomic E-state index is 12.0. The average Bonchev–Trinajstić information content (AvgIpc) is 2.97. The summed E-state index contributed by atoms with van der Waals surface area (Å²) in [6.07, 6.45) is 4.21. The fourth-order valence-corrected chi connectivity index (χ4v) is 2.67. The minimum Gasteiger partial charge on any atom is -0.334 e. The van der Waals surface area contributed by atoms with Crippen molar-refractivity contribution in [1.29, 1.82) is 0 Å². The van der Waals surface area contributed by atoms with Crippen molar-refractivity contribution in [3.8, 4) is 0 Å². The fraction of sp³-hybridized carbons (Fsp3) is 0.235. The lowest BCUT2D eigenvalue weighted by Crippen LogP contribution is -2.28. The Hall–Kier alpha value is -2.89. The molecule has 0 spiro atoms. The molecule has 0 bridgehead atoms. The zero-order valence-electron chi connectivity index (χ0n) is 12.9. The number of urea groups is 1. The SMILES string of the molecule is CC(=O)N1CCc2cc(NC(=O)NCc3cccnc3)ccc21. The number of hydrogen-bond acceptors (Lipinski definition) is 3. The molecule has 0 saturated heterocycles. The van der Waals surface area contributed by atoms with E-state index in [1.165, 1.54) is 0 Å². The maximum atomic E-state index is 12.0. The number of carbonyl (C=O) groups is 2. The van der Waals surface area contributed by atoms with E-state index in [-0.39, 0.29) is 11.9 Å². The van der Waals surface area contributed by atoms with Gasteiger partial charge in [-0.05, 0) is 41.8 Å². The standard InChI is InChI=1S/C17H18N4O2/c1-12(22)21-8-6-14-9-15(4-5-16(14)21)20-17(23)19-11-13-3-2-7-18-10-13/h2-5,7,9-10H,6,8,11H2,1H3,(H2,19,20,23). The number of rotatable bonds is 3. The van der Waals surface area contributed by atoms with Crippen LogP contribution in [0.15, 0.2) is 42.7 Å². The number of anilines is 2. The number of fused-ring (bicyclic) bond motifs is 1. The molecular formula is C17H18N4O2. The molecule has 0 fully saturated rings. The van der Waals surface area contributed by atoms with E-state index in [1.807, 2.05) is 30.3 Å². The van der Waals surface area contributed by atoms with Crippen molar-refractivity contribution in [1.82, 2.24) is 10.3 Å². The first-order chi connectivity index (χ1) is 11.1. The van der Waals surface area contributed by atoms with Gasteiger partial charge in [0.05, 0.1) is 0 Å². The van der Waals surface area contributed by atoms with Crippen LogP contribution in [0.2, 0.25) is 0 Å². The zero-order valence-corrected chi connectivity index (χ0v) is 12.9. The van der Waals surface area contributed by atoms with Crippen LogP contribution in [0, 0.1) is 0 Å². The second-order valence-corrected chi connectivity index (χ2v) is 5.43. The summed E-state index contributed by atoms with van der Waals surface area (Å²) < 4.78 is 0. The van der Waals surface area contributed by atoms with E-state index >= 15 is 0 Å². The third-order valence-corrected chi connectivity index (χ3v) is 3.79. The molecule has 3 amide bonds. The highest BCUT2D eigenvalue weighted by molar-refractivity contribution is 5.95. The zero-order chi connectivity index (χ0) is 16.2. The minimum absolute atomic E-state index is 0.0404. The predicted octanol–water partition coefficient (Wildman–Crippen LogP) is 2.31. The van der Waals surface area contributed by atoms with E-state index in [9.17, 15) is 9.59 Å². The highest BCUT2D eigenvalue weighted by Gasteiger charge is 2.22. The topological polar surface area (TPSA) is 74.3 Å². The van der Waals surface area contributed by atoms with Gasteiger partial charge in [-0.15, -0.1) is 0 Å². The van der Waals surface area contributed by atoms with Gasteiger partial charge < -0.3 is 15.5 Å². The summed E-state index contributed by atoms with van der Waals surface area (Å²) in [4.78, 5) is 29.2. The summed E-state index contributed by atoms with van der Waals surface area (Å²) in [5, 5.41) is 5.60. The van der Waals surface area contributed by atoms with Gasteiger partial charge in [-0.1, -0.05) is 6.07 Å². The van der Waals surface area contributed by atoms with Crippen molar-refractivity contribution in [2.45, 2.75) is 19.9 Å². The summed E-state index contributed by atoms with van der Waals surface area (Å²) in [6, 6.07) is 9.07. The molecule has 6 nitrogen and oxygen atoms in total. The van der Waals surface area contributed by atoms with Crippen molar-refractivity contribution < 1.29 is 9.59 Å². The van der Waals surface area contributed by atoms with Gasteiger partial charge in [0, 0.05) is 43.8 Å².